The van der Waals surface area contributed by atoms with Gasteiger partial charge in [0.1, 0.15) is 0 Å². The number of piperidine rings is 1. The molecule has 0 spiro atoms. The van der Waals surface area contributed by atoms with Crippen molar-refractivity contribution in [2.45, 2.75) is 57.2 Å². The fraction of sp³-hybridized carbons (Fsp3) is 1.00. The minimum atomic E-state index is 0.816. The normalized spacial score (nSPS) is 34.7. The summed E-state index contributed by atoms with van der Waals surface area (Å²) >= 11 is 0. The van der Waals surface area contributed by atoms with Crippen molar-refractivity contribution in [3.63, 3.8) is 0 Å². The molecule has 0 aromatic rings. The molecule has 2 unspecified atom stereocenters. The van der Waals surface area contributed by atoms with Crippen LogP contribution in [0, 0.1) is 0 Å². The van der Waals surface area contributed by atoms with Gasteiger partial charge in [-0.25, -0.2) is 0 Å². The lowest BCUT2D eigenvalue weighted by molar-refractivity contribution is 0.101. The van der Waals surface area contributed by atoms with E-state index in [1.54, 1.807) is 0 Å². The number of likely N-dealkylation sites (N-methyl/N-ethyl adjacent to an activating group) is 1. The summed E-state index contributed by atoms with van der Waals surface area (Å²) in [6, 6.07) is 2.48. The maximum atomic E-state index is 3.78. The fourth-order valence-electron chi connectivity index (χ4n) is 4.43. The molecular weight excluding hydrogens is 260 g/mol. The number of fused-ring (bicyclic) bond motifs is 2. The summed E-state index contributed by atoms with van der Waals surface area (Å²) < 4.78 is 0. The van der Waals surface area contributed by atoms with Crippen molar-refractivity contribution in [2.24, 2.45) is 0 Å². The zero-order valence-electron chi connectivity index (χ0n) is 14.1. The SMILES string of the molecule is CCCN(CCN1CCN(C)CC1)C1CC2CCC(C1)N2. The van der Waals surface area contributed by atoms with Crippen LogP contribution in [-0.4, -0.2) is 85.7 Å². The molecule has 3 heterocycles. The van der Waals surface area contributed by atoms with Gasteiger partial charge in [0, 0.05) is 57.4 Å². The predicted molar refractivity (Wildman–Crippen MR) is 88.8 cm³/mol. The molecule has 0 amide bonds. The number of hydrogen-bond acceptors (Lipinski definition) is 4. The second kappa shape index (κ2) is 7.40. The van der Waals surface area contributed by atoms with Crippen molar-refractivity contribution in [1.29, 1.82) is 0 Å². The lowest BCUT2D eigenvalue weighted by Gasteiger charge is -2.39. The first kappa shape index (κ1) is 15.7. The molecule has 0 aliphatic carbocycles. The summed E-state index contributed by atoms with van der Waals surface area (Å²) in [5, 5.41) is 3.78. The molecule has 1 N–H and O–H groups in total. The first-order chi connectivity index (χ1) is 10.2. The molecule has 2 bridgehead atoms. The van der Waals surface area contributed by atoms with Crippen molar-refractivity contribution >= 4 is 0 Å². The largest absolute Gasteiger partial charge is 0.311 e. The van der Waals surface area contributed by atoms with Gasteiger partial charge in [-0.05, 0) is 45.7 Å². The molecule has 2 atom stereocenters. The Labute approximate surface area is 130 Å². The van der Waals surface area contributed by atoms with E-state index in [1.165, 1.54) is 77.9 Å². The molecule has 0 aromatic heterocycles. The number of nitrogens with zero attached hydrogens (tertiary/aromatic N) is 3. The Morgan fingerprint density at radius 1 is 1.00 bits per heavy atom. The van der Waals surface area contributed by atoms with Crippen LogP contribution < -0.4 is 5.32 Å². The highest BCUT2D eigenvalue weighted by Gasteiger charge is 2.35. The molecule has 21 heavy (non-hydrogen) atoms. The maximum absolute atomic E-state index is 3.78. The Hall–Kier alpha value is -0.160. The molecule has 3 aliphatic rings. The molecule has 0 radical (unpaired) electrons. The Balaban J connectivity index is 1.47. The molecule has 0 saturated carbocycles. The van der Waals surface area contributed by atoms with Gasteiger partial charge in [-0.15, -0.1) is 0 Å². The quantitative estimate of drug-likeness (QED) is 0.795. The van der Waals surface area contributed by atoms with Crippen LogP contribution in [0.2, 0.25) is 0 Å². The molecule has 122 valence electrons. The van der Waals surface area contributed by atoms with E-state index in [-0.39, 0.29) is 0 Å². The summed E-state index contributed by atoms with van der Waals surface area (Å²) in [6.07, 6.45) is 6.90. The van der Waals surface area contributed by atoms with Gasteiger partial charge < -0.3 is 10.2 Å². The summed E-state index contributed by atoms with van der Waals surface area (Å²) in [4.78, 5) is 7.92. The van der Waals surface area contributed by atoms with Gasteiger partial charge >= 0.3 is 0 Å². The molecule has 0 aromatic carbocycles. The van der Waals surface area contributed by atoms with E-state index in [1.807, 2.05) is 0 Å². The third-order valence-electron chi connectivity index (χ3n) is 5.77. The van der Waals surface area contributed by atoms with Gasteiger partial charge in [-0.3, -0.25) is 9.80 Å². The molecule has 3 rings (SSSR count). The monoisotopic (exact) mass is 294 g/mol. The van der Waals surface area contributed by atoms with Crippen LogP contribution in [0.25, 0.3) is 0 Å². The van der Waals surface area contributed by atoms with Gasteiger partial charge in [0.25, 0.3) is 0 Å². The van der Waals surface area contributed by atoms with Gasteiger partial charge in [-0.1, -0.05) is 6.92 Å². The standard InChI is InChI=1S/C17H34N4/c1-3-6-21(12-11-20-9-7-19(2)8-10-20)17-13-15-4-5-16(14-17)18-15/h15-18H,3-14H2,1-2H3. The molecule has 3 saturated heterocycles. The fourth-order valence-corrected chi connectivity index (χ4v) is 4.43. The van der Waals surface area contributed by atoms with E-state index >= 15 is 0 Å². The van der Waals surface area contributed by atoms with Gasteiger partial charge in [0.2, 0.25) is 0 Å². The topological polar surface area (TPSA) is 21.8 Å². The Kier molecular flexibility index (Phi) is 5.54. The lowest BCUT2D eigenvalue weighted by atomic mass is 9.98. The smallest absolute Gasteiger partial charge is 0.0125 e. The predicted octanol–water partition coefficient (Wildman–Crippen LogP) is 1.23. The highest BCUT2D eigenvalue weighted by molar-refractivity contribution is 4.95. The van der Waals surface area contributed by atoms with E-state index in [9.17, 15) is 0 Å². The average molecular weight is 294 g/mol. The van der Waals surface area contributed by atoms with E-state index in [0.717, 1.165) is 18.1 Å². The van der Waals surface area contributed by atoms with Crippen LogP contribution in [0.15, 0.2) is 0 Å². The summed E-state index contributed by atoms with van der Waals surface area (Å²) in [5.41, 5.74) is 0. The van der Waals surface area contributed by atoms with Crippen molar-refractivity contribution in [2.75, 3.05) is 52.9 Å². The Morgan fingerprint density at radius 2 is 1.67 bits per heavy atom. The first-order valence-electron chi connectivity index (χ1n) is 9.15. The van der Waals surface area contributed by atoms with Crippen molar-refractivity contribution < 1.29 is 0 Å². The third kappa shape index (κ3) is 4.19. The second-order valence-electron chi connectivity index (χ2n) is 7.44. The average Bonchev–Trinajstić information content (AvgIpc) is 2.83. The number of rotatable bonds is 6. The zero-order chi connectivity index (χ0) is 14.7. The van der Waals surface area contributed by atoms with Gasteiger partial charge in [0.15, 0.2) is 0 Å². The lowest BCUT2D eigenvalue weighted by Crippen LogP contribution is -2.51. The summed E-state index contributed by atoms with van der Waals surface area (Å²) in [6.45, 7) is 11.2. The molecule has 3 fully saturated rings. The maximum Gasteiger partial charge on any atom is 0.0125 e. The molecular formula is C17H34N4. The number of nitrogens with one attached hydrogen (secondary N) is 1. The van der Waals surface area contributed by atoms with Crippen molar-refractivity contribution in [3.05, 3.63) is 0 Å². The van der Waals surface area contributed by atoms with Crippen LogP contribution in [0.5, 0.6) is 0 Å². The zero-order valence-corrected chi connectivity index (χ0v) is 14.1. The Bertz CT molecular complexity index is 302. The van der Waals surface area contributed by atoms with E-state index in [0.29, 0.717) is 0 Å². The van der Waals surface area contributed by atoms with E-state index in [2.05, 4.69) is 34.0 Å². The molecule has 4 nitrogen and oxygen atoms in total. The van der Waals surface area contributed by atoms with Crippen LogP contribution in [0.4, 0.5) is 0 Å². The van der Waals surface area contributed by atoms with Crippen molar-refractivity contribution in [3.8, 4) is 0 Å². The third-order valence-corrected chi connectivity index (χ3v) is 5.77. The number of piperazine rings is 1. The first-order valence-corrected chi connectivity index (χ1v) is 9.15. The van der Waals surface area contributed by atoms with Crippen LogP contribution in [-0.2, 0) is 0 Å². The highest BCUT2D eigenvalue weighted by Crippen LogP contribution is 2.29. The van der Waals surface area contributed by atoms with E-state index in [4.69, 9.17) is 0 Å². The minimum absolute atomic E-state index is 0.816. The molecule has 4 heteroatoms. The van der Waals surface area contributed by atoms with Crippen molar-refractivity contribution in [1.82, 2.24) is 20.0 Å². The van der Waals surface area contributed by atoms with E-state index < -0.39 is 0 Å². The Morgan fingerprint density at radius 3 is 2.29 bits per heavy atom. The van der Waals surface area contributed by atoms with Crippen LogP contribution in [0.1, 0.15) is 39.0 Å². The van der Waals surface area contributed by atoms with Gasteiger partial charge in [0.05, 0.1) is 0 Å². The summed E-state index contributed by atoms with van der Waals surface area (Å²) in [5.74, 6) is 0. The summed E-state index contributed by atoms with van der Waals surface area (Å²) in [7, 11) is 2.24. The van der Waals surface area contributed by atoms with Crippen LogP contribution >= 0.6 is 0 Å². The second-order valence-corrected chi connectivity index (χ2v) is 7.44. The minimum Gasteiger partial charge on any atom is -0.311 e. The van der Waals surface area contributed by atoms with Crippen LogP contribution in [0.3, 0.4) is 0 Å². The van der Waals surface area contributed by atoms with Gasteiger partial charge in [-0.2, -0.15) is 0 Å². The highest BCUT2D eigenvalue weighted by atomic mass is 15.3. The number of hydrogen-bond donors (Lipinski definition) is 1. The molecule has 3 aliphatic heterocycles.